The molecular weight excluding hydrogens is 338 g/mol. The van der Waals surface area contributed by atoms with Crippen LogP contribution in [0.25, 0.3) is 10.2 Å². The van der Waals surface area contributed by atoms with Crippen LogP contribution in [0.4, 0.5) is 5.69 Å². The van der Waals surface area contributed by atoms with E-state index in [1.54, 1.807) is 11.3 Å². The molecule has 2 aliphatic heterocycles. The molecule has 0 bridgehead atoms. The molecule has 0 spiro atoms. The van der Waals surface area contributed by atoms with Crippen LogP contribution in [-0.2, 0) is 6.54 Å². The zero-order valence-corrected chi connectivity index (χ0v) is 16.1. The van der Waals surface area contributed by atoms with Gasteiger partial charge in [-0.1, -0.05) is 12.1 Å². The van der Waals surface area contributed by atoms with E-state index in [-0.39, 0.29) is 0 Å². The van der Waals surface area contributed by atoms with E-state index in [0.29, 0.717) is 5.92 Å². The van der Waals surface area contributed by atoms with Crippen molar-refractivity contribution in [3.8, 4) is 0 Å². The molecule has 0 amide bonds. The van der Waals surface area contributed by atoms with Gasteiger partial charge in [0.05, 0.1) is 5.69 Å². The van der Waals surface area contributed by atoms with E-state index in [2.05, 4.69) is 58.6 Å². The molecule has 1 fully saturated rings. The first kappa shape index (κ1) is 16.3. The SMILES string of the molecule is CN1Cc2cc(N3CCCCC3)ccc2C(c2ccc3ccsc3n2)C1. The minimum atomic E-state index is 0.366. The lowest BCUT2D eigenvalue weighted by atomic mass is 9.86. The molecule has 1 atom stereocenters. The summed E-state index contributed by atoms with van der Waals surface area (Å²) in [6.45, 7) is 4.48. The van der Waals surface area contributed by atoms with Crippen LogP contribution in [0.2, 0.25) is 0 Å². The zero-order valence-electron chi connectivity index (χ0n) is 15.3. The molecule has 134 valence electrons. The highest BCUT2D eigenvalue weighted by Crippen LogP contribution is 2.35. The van der Waals surface area contributed by atoms with Gasteiger partial charge in [-0.05, 0) is 67.1 Å². The molecule has 2 aromatic heterocycles. The Morgan fingerprint density at radius 2 is 1.92 bits per heavy atom. The third-order valence-electron chi connectivity index (χ3n) is 5.85. The molecule has 0 aliphatic carbocycles. The lowest BCUT2D eigenvalue weighted by molar-refractivity contribution is 0.293. The average molecular weight is 364 g/mol. The number of hydrogen-bond acceptors (Lipinski definition) is 4. The monoisotopic (exact) mass is 363 g/mol. The molecule has 4 heterocycles. The summed E-state index contributed by atoms with van der Waals surface area (Å²) in [7, 11) is 2.23. The van der Waals surface area contributed by atoms with E-state index in [0.717, 1.165) is 17.9 Å². The van der Waals surface area contributed by atoms with Gasteiger partial charge in [0, 0.05) is 43.2 Å². The van der Waals surface area contributed by atoms with E-state index in [1.165, 1.54) is 60.2 Å². The smallest absolute Gasteiger partial charge is 0.123 e. The first-order chi connectivity index (χ1) is 12.8. The number of pyridine rings is 1. The zero-order chi connectivity index (χ0) is 17.5. The van der Waals surface area contributed by atoms with Crippen LogP contribution >= 0.6 is 11.3 Å². The van der Waals surface area contributed by atoms with Crippen LogP contribution < -0.4 is 4.90 Å². The fraction of sp³-hybridized carbons (Fsp3) is 0.409. The fourth-order valence-corrected chi connectivity index (χ4v) is 5.26. The van der Waals surface area contributed by atoms with E-state index >= 15 is 0 Å². The van der Waals surface area contributed by atoms with Gasteiger partial charge < -0.3 is 9.80 Å². The van der Waals surface area contributed by atoms with Crippen molar-refractivity contribution >= 4 is 27.2 Å². The Balaban J connectivity index is 1.52. The molecule has 2 aliphatic rings. The number of piperidine rings is 1. The summed E-state index contributed by atoms with van der Waals surface area (Å²) in [5.41, 5.74) is 5.55. The van der Waals surface area contributed by atoms with Crippen molar-refractivity contribution in [2.45, 2.75) is 31.7 Å². The first-order valence-electron chi connectivity index (χ1n) is 9.68. The lowest BCUT2D eigenvalue weighted by Gasteiger charge is -2.34. The molecule has 0 radical (unpaired) electrons. The predicted octanol–water partition coefficient (Wildman–Crippen LogP) is 4.86. The Hall–Kier alpha value is -1.91. The topological polar surface area (TPSA) is 19.4 Å². The van der Waals surface area contributed by atoms with Crippen molar-refractivity contribution in [3.63, 3.8) is 0 Å². The van der Waals surface area contributed by atoms with Crippen molar-refractivity contribution in [1.29, 1.82) is 0 Å². The van der Waals surface area contributed by atoms with Crippen LogP contribution in [0, 0.1) is 0 Å². The van der Waals surface area contributed by atoms with Crippen LogP contribution in [0.1, 0.15) is 42.0 Å². The van der Waals surface area contributed by atoms with Crippen LogP contribution in [-0.4, -0.2) is 36.6 Å². The highest BCUT2D eigenvalue weighted by atomic mass is 32.1. The highest BCUT2D eigenvalue weighted by molar-refractivity contribution is 7.16. The molecule has 26 heavy (non-hydrogen) atoms. The number of likely N-dealkylation sites (N-methyl/N-ethyl adjacent to an activating group) is 1. The number of aromatic nitrogens is 1. The van der Waals surface area contributed by atoms with Gasteiger partial charge in [-0.2, -0.15) is 0 Å². The molecular formula is C22H25N3S. The number of nitrogens with zero attached hydrogens (tertiary/aromatic N) is 3. The van der Waals surface area contributed by atoms with Gasteiger partial charge in [0.2, 0.25) is 0 Å². The van der Waals surface area contributed by atoms with Crippen LogP contribution in [0.15, 0.2) is 41.8 Å². The largest absolute Gasteiger partial charge is 0.372 e. The molecule has 1 aromatic carbocycles. The van der Waals surface area contributed by atoms with Crippen LogP contribution in [0.5, 0.6) is 0 Å². The lowest BCUT2D eigenvalue weighted by Crippen LogP contribution is -2.33. The maximum absolute atomic E-state index is 4.99. The van der Waals surface area contributed by atoms with Crippen LogP contribution in [0.3, 0.4) is 0 Å². The summed E-state index contributed by atoms with van der Waals surface area (Å²) in [4.78, 5) is 11.1. The standard InChI is InChI=1S/C22H25N3S/c1-24-14-17-13-18(25-10-3-2-4-11-25)6-7-19(17)20(15-24)21-8-5-16-9-12-26-22(16)23-21/h5-9,12-13,20H,2-4,10-11,14-15H2,1H3. The van der Waals surface area contributed by atoms with Crippen molar-refractivity contribution in [2.24, 2.45) is 0 Å². The Bertz CT molecular complexity index is 926. The van der Waals surface area contributed by atoms with E-state index in [1.807, 2.05) is 0 Å². The van der Waals surface area contributed by atoms with E-state index in [9.17, 15) is 0 Å². The number of thiophene rings is 1. The van der Waals surface area contributed by atoms with Gasteiger partial charge in [-0.25, -0.2) is 4.98 Å². The normalized spacial score (nSPS) is 21.1. The third kappa shape index (κ3) is 2.91. The molecule has 0 saturated carbocycles. The summed E-state index contributed by atoms with van der Waals surface area (Å²) >= 11 is 1.74. The molecule has 0 N–H and O–H groups in total. The van der Waals surface area contributed by atoms with Gasteiger partial charge in [0.1, 0.15) is 4.83 Å². The van der Waals surface area contributed by atoms with E-state index < -0.39 is 0 Å². The summed E-state index contributed by atoms with van der Waals surface area (Å²) in [6, 6.07) is 13.8. The van der Waals surface area contributed by atoms with Gasteiger partial charge >= 0.3 is 0 Å². The second-order valence-electron chi connectivity index (χ2n) is 7.73. The molecule has 3 nitrogen and oxygen atoms in total. The Morgan fingerprint density at radius 3 is 2.81 bits per heavy atom. The second kappa shape index (κ2) is 6.67. The summed E-state index contributed by atoms with van der Waals surface area (Å²) in [6.07, 6.45) is 4.03. The molecule has 5 rings (SSSR count). The third-order valence-corrected chi connectivity index (χ3v) is 6.68. The minimum absolute atomic E-state index is 0.366. The maximum Gasteiger partial charge on any atom is 0.123 e. The van der Waals surface area contributed by atoms with Crippen molar-refractivity contribution in [3.05, 3.63) is 58.6 Å². The highest BCUT2D eigenvalue weighted by Gasteiger charge is 2.27. The van der Waals surface area contributed by atoms with Crippen molar-refractivity contribution < 1.29 is 0 Å². The summed E-state index contributed by atoms with van der Waals surface area (Å²) in [5, 5.41) is 3.39. The second-order valence-corrected chi connectivity index (χ2v) is 8.63. The molecule has 1 saturated heterocycles. The van der Waals surface area contributed by atoms with Crippen molar-refractivity contribution in [1.82, 2.24) is 9.88 Å². The van der Waals surface area contributed by atoms with Gasteiger partial charge in [-0.15, -0.1) is 11.3 Å². The number of anilines is 1. The summed E-state index contributed by atoms with van der Waals surface area (Å²) < 4.78 is 0. The Kier molecular flexibility index (Phi) is 4.18. The quantitative estimate of drug-likeness (QED) is 0.648. The number of rotatable bonds is 2. The molecule has 1 unspecified atom stereocenters. The Labute approximate surface area is 159 Å². The first-order valence-corrected chi connectivity index (χ1v) is 10.6. The number of benzene rings is 1. The molecule has 4 heteroatoms. The minimum Gasteiger partial charge on any atom is -0.372 e. The maximum atomic E-state index is 4.99. The molecule has 3 aromatic rings. The fourth-order valence-electron chi connectivity index (χ4n) is 4.49. The predicted molar refractivity (Wildman–Crippen MR) is 110 cm³/mol. The van der Waals surface area contributed by atoms with Crippen molar-refractivity contribution in [2.75, 3.05) is 31.6 Å². The van der Waals surface area contributed by atoms with Gasteiger partial charge in [-0.3, -0.25) is 0 Å². The Morgan fingerprint density at radius 1 is 1.04 bits per heavy atom. The van der Waals surface area contributed by atoms with Gasteiger partial charge in [0.15, 0.2) is 0 Å². The number of fused-ring (bicyclic) bond motifs is 2. The van der Waals surface area contributed by atoms with E-state index in [4.69, 9.17) is 4.98 Å². The average Bonchev–Trinajstić information content (AvgIpc) is 3.15. The van der Waals surface area contributed by atoms with Gasteiger partial charge in [0.25, 0.3) is 0 Å². The summed E-state index contributed by atoms with van der Waals surface area (Å²) in [5.74, 6) is 0.366. The number of hydrogen-bond donors (Lipinski definition) is 0.